The van der Waals surface area contributed by atoms with E-state index >= 15 is 0 Å². The number of amides is 1. The molecular weight excluding hydrogens is 317 g/mol. The highest BCUT2D eigenvalue weighted by molar-refractivity contribution is 7.99. The van der Waals surface area contributed by atoms with Crippen molar-refractivity contribution in [3.63, 3.8) is 0 Å². The maximum absolute atomic E-state index is 13.2. The predicted octanol–water partition coefficient (Wildman–Crippen LogP) is 3.61. The molecule has 1 heterocycles. The van der Waals surface area contributed by atoms with Crippen molar-refractivity contribution in [2.45, 2.75) is 45.0 Å². The van der Waals surface area contributed by atoms with E-state index in [9.17, 15) is 9.18 Å². The van der Waals surface area contributed by atoms with Crippen LogP contribution in [0.3, 0.4) is 0 Å². The van der Waals surface area contributed by atoms with Gasteiger partial charge in [0.15, 0.2) is 0 Å². The second kappa shape index (κ2) is 7.59. The Balaban J connectivity index is 2.01. The largest absolute Gasteiger partial charge is 0.411 e. The van der Waals surface area contributed by atoms with E-state index in [4.69, 9.17) is 4.42 Å². The van der Waals surface area contributed by atoms with Crippen LogP contribution in [0.15, 0.2) is 33.9 Å². The molecule has 0 spiro atoms. The minimum absolute atomic E-state index is 0.0190. The normalized spacial score (nSPS) is 11.3. The lowest BCUT2D eigenvalue weighted by Gasteiger charge is -2.30. The molecule has 0 radical (unpaired) electrons. The molecule has 0 N–H and O–H groups in total. The molecular formula is C16H20FN3O2S. The Labute approximate surface area is 139 Å². The van der Waals surface area contributed by atoms with Crippen LogP contribution >= 0.6 is 11.8 Å². The number of halogens is 1. The van der Waals surface area contributed by atoms with Crippen molar-refractivity contribution >= 4 is 17.7 Å². The second-order valence-electron chi connectivity index (χ2n) is 5.66. The first-order valence-electron chi connectivity index (χ1n) is 7.42. The molecule has 7 heteroatoms. The van der Waals surface area contributed by atoms with Crippen LogP contribution in [0.1, 0.15) is 27.7 Å². The lowest BCUT2D eigenvalue weighted by atomic mass is 10.2. The van der Waals surface area contributed by atoms with Gasteiger partial charge in [0.25, 0.3) is 5.22 Å². The summed E-state index contributed by atoms with van der Waals surface area (Å²) < 4.78 is 18.7. The standard InChI is InChI=1S/C16H20FN3O2S/c1-10(2)20(11(3)4)14(21)9-23-16-19-18-15(22-16)12-6-5-7-13(17)8-12/h5-8,10-11H,9H2,1-4H3. The molecule has 0 unspecified atom stereocenters. The summed E-state index contributed by atoms with van der Waals surface area (Å²) in [6.45, 7) is 7.93. The highest BCUT2D eigenvalue weighted by Gasteiger charge is 2.21. The summed E-state index contributed by atoms with van der Waals surface area (Å²) in [6.07, 6.45) is 0. The van der Waals surface area contributed by atoms with Crippen molar-refractivity contribution in [2.24, 2.45) is 0 Å². The Kier molecular flexibility index (Phi) is 5.76. The summed E-state index contributed by atoms with van der Waals surface area (Å²) in [5, 5.41) is 8.08. The zero-order chi connectivity index (χ0) is 17.0. The Morgan fingerprint density at radius 2 is 1.96 bits per heavy atom. The van der Waals surface area contributed by atoms with Gasteiger partial charge in [0, 0.05) is 17.6 Å². The van der Waals surface area contributed by atoms with Gasteiger partial charge in [-0.1, -0.05) is 17.8 Å². The van der Waals surface area contributed by atoms with Gasteiger partial charge in [0.05, 0.1) is 5.75 Å². The first-order chi connectivity index (χ1) is 10.9. The van der Waals surface area contributed by atoms with Gasteiger partial charge in [-0.05, 0) is 45.9 Å². The smallest absolute Gasteiger partial charge is 0.277 e. The maximum Gasteiger partial charge on any atom is 0.277 e. The fraction of sp³-hybridized carbons (Fsp3) is 0.438. The van der Waals surface area contributed by atoms with E-state index in [1.165, 1.54) is 23.9 Å². The zero-order valence-electron chi connectivity index (χ0n) is 13.6. The van der Waals surface area contributed by atoms with Crippen molar-refractivity contribution in [3.8, 4) is 11.5 Å². The molecule has 0 bridgehead atoms. The van der Waals surface area contributed by atoms with Crippen LogP contribution in [0.5, 0.6) is 0 Å². The fourth-order valence-electron chi connectivity index (χ4n) is 2.38. The second-order valence-corrected chi connectivity index (χ2v) is 6.59. The van der Waals surface area contributed by atoms with Crippen molar-refractivity contribution in [3.05, 3.63) is 30.1 Å². The van der Waals surface area contributed by atoms with Gasteiger partial charge in [-0.15, -0.1) is 10.2 Å². The Bertz CT molecular complexity index is 665. The molecule has 0 saturated carbocycles. The molecule has 1 aromatic carbocycles. The molecule has 23 heavy (non-hydrogen) atoms. The maximum atomic E-state index is 13.2. The Morgan fingerprint density at radius 1 is 1.26 bits per heavy atom. The van der Waals surface area contributed by atoms with E-state index in [0.29, 0.717) is 10.8 Å². The van der Waals surface area contributed by atoms with E-state index < -0.39 is 0 Å². The van der Waals surface area contributed by atoms with Crippen LogP contribution in [0.2, 0.25) is 0 Å². The van der Waals surface area contributed by atoms with Crippen LogP contribution in [-0.4, -0.2) is 38.8 Å². The number of benzene rings is 1. The van der Waals surface area contributed by atoms with Gasteiger partial charge in [0.1, 0.15) is 5.82 Å². The molecule has 5 nitrogen and oxygen atoms in total. The van der Waals surface area contributed by atoms with E-state index in [1.54, 1.807) is 12.1 Å². The number of aromatic nitrogens is 2. The molecule has 0 fully saturated rings. The van der Waals surface area contributed by atoms with Gasteiger partial charge in [-0.25, -0.2) is 4.39 Å². The summed E-state index contributed by atoms with van der Waals surface area (Å²) in [4.78, 5) is 14.1. The molecule has 0 atom stereocenters. The van der Waals surface area contributed by atoms with Gasteiger partial charge in [-0.3, -0.25) is 4.79 Å². The molecule has 2 rings (SSSR count). The van der Waals surface area contributed by atoms with E-state index in [0.717, 1.165) is 0 Å². The highest BCUT2D eigenvalue weighted by atomic mass is 32.2. The average molecular weight is 337 g/mol. The lowest BCUT2D eigenvalue weighted by molar-refractivity contribution is -0.131. The molecule has 124 valence electrons. The van der Waals surface area contributed by atoms with E-state index in [1.807, 2.05) is 32.6 Å². The SMILES string of the molecule is CC(C)N(C(=O)CSc1nnc(-c2cccc(F)c2)o1)C(C)C. The molecule has 0 saturated heterocycles. The zero-order valence-corrected chi connectivity index (χ0v) is 14.4. The van der Waals surface area contributed by atoms with Crippen LogP contribution in [0.4, 0.5) is 4.39 Å². The molecule has 1 aromatic heterocycles. The predicted molar refractivity (Wildman–Crippen MR) is 87.5 cm³/mol. The van der Waals surface area contributed by atoms with Gasteiger partial charge < -0.3 is 9.32 Å². The van der Waals surface area contributed by atoms with Crippen molar-refractivity contribution in [1.29, 1.82) is 0 Å². The van der Waals surface area contributed by atoms with Crippen LogP contribution in [-0.2, 0) is 4.79 Å². The average Bonchev–Trinajstić information content (AvgIpc) is 2.93. The topological polar surface area (TPSA) is 59.2 Å². The minimum Gasteiger partial charge on any atom is -0.411 e. The summed E-state index contributed by atoms with van der Waals surface area (Å²) in [5.74, 6) is 0.116. The summed E-state index contributed by atoms with van der Waals surface area (Å²) in [6, 6.07) is 6.21. The summed E-state index contributed by atoms with van der Waals surface area (Å²) >= 11 is 1.19. The monoisotopic (exact) mass is 337 g/mol. The first kappa shape index (κ1) is 17.5. The summed E-state index contributed by atoms with van der Waals surface area (Å²) in [5.41, 5.74) is 0.515. The van der Waals surface area contributed by atoms with E-state index in [2.05, 4.69) is 10.2 Å². The van der Waals surface area contributed by atoms with Crippen molar-refractivity contribution in [2.75, 3.05) is 5.75 Å². The van der Waals surface area contributed by atoms with Crippen molar-refractivity contribution in [1.82, 2.24) is 15.1 Å². The van der Waals surface area contributed by atoms with Gasteiger partial charge in [-0.2, -0.15) is 0 Å². The van der Waals surface area contributed by atoms with Crippen LogP contribution in [0.25, 0.3) is 11.5 Å². The number of rotatable bonds is 6. The molecule has 0 aliphatic heterocycles. The number of carbonyl (C=O) groups is 1. The number of carbonyl (C=O) groups excluding carboxylic acids is 1. The Morgan fingerprint density at radius 3 is 2.57 bits per heavy atom. The number of hydrogen-bond acceptors (Lipinski definition) is 5. The van der Waals surface area contributed by atoms with Gasteiger partial charge in [0.2, 0.25) is 11.8 Å². The third-order valence-corrected chi connectivity index (χ3v) is 4.00. The van der Waals surface area contributed by atoms with Crippen molar-refractivity contribution < 1.29 is 13.6 Å². The quantitative estimate of drug-likeness (QED) is 0.754. The Hall–Kier alpha value is -1.89. The fourth-order valence-corrected chi connectivity index (χ4v) is 3.01. The summed E-state index contributed by atoms with van der Waals surface area (Å²) in [7, 11) is 0. The third kappa shape index (κ3) is 4.54. The van der Waals surface area contributed by atoms with Crippen LogP contribution in [0, 0.1) is 5.82 Å². The lowest BCUT2D eigenvalue weighted by Crippen LogP contribution is -2.43. The molecule has 0 aliphatic rings. The van der Waals surface area contributed by atoms with Crippen LogP contribution < -0.4 is 0 Å². The molecule has 1 amide bonds. The molecule has 0 aliphatic carbocycles. The molecule has 2 aromatic rings. The van der Waals surface area contributed by atoms with E-state index in [-0.39, 0.29) is 35.5 Å². The number of nitrogens with zero attached hydrogens (tertiary/aromatic N) is 3. The van der Waals surface area contributed by atoms with Gasteiger partial charge >= 0.3 is 0 Å². The number of hydrogen-bond donors (Lipinski definition) is 0. The third-order valence-electron chi connectivity index (χ3n) is 3.20. The number of thioether (sulfide) groups is 1. The minimum atomic E-state index is -0.366. The highest BCUT2D eigenvalue weighted by Crippen LogP contribution is 2.24. The first-order valence-corrected chi connectivity index (χ1v) is 8.40.